The molecule has 62 valence electrons. The predicted molar refractivity (Wildman–Crippen MR) is 42.4 cm³/mol. The van der Waals surface area contributed by atoms with Gasteiger partial charge < -0.3 is 15.4 Å². The smallest absolute Gasteiger partial charge is 0.413 e. The molecule has 1 aromatic rings. The third-order valence-corrected chi connectivity index (χ3v) is 1.29. The lowest BCUT2D eigenvalue weighted by atomic mass is 10.2. The van der Waals surface area contributed by atoms with Crippen LogP contribution in [0, 0.1) is 0 Å². The fourth-order valence-corrected chi connectivity index (χ4v) is 0.748. The summed E-state index contributed by atoms with van der Waals surface area (Å²) in [7, 11) is 0. The molecule has 12 heavy (non-hydrogen) atoms. The van der Waals surface area contributed by atoms with Crippen molar-refractivity contribution in [3.05, 3.63) is 41.4 Å². The van der Waals surface area contributed by atoms with Crippen molar-refractivity contribution in [2.75, 3.05) is 0 Å². The van der Waals surface area contributed by atoms with Crippen LogP contribution in [-0.4, -0.2) is 6.09 Å². The van der Waals surface area contributed by atoms with Crippen molar-refractivity contribution in [2.24, 2.45) is 5.11 Å². The summed E-state index contributed by atoms with van der Waals surface area (Å²) in [4.78, 5) is 10.3. The highest BCUT2D eigenvalue weighted by Gasteiger charge is 1.94. The van der Waals surface area contributed by atoms with Crippen LogP contribution in [0.5, 0.6) is 0 Å². The van der Waals surface area contributed by atoms with Gasteiger partial charge in [-0.25, -0.2) is 4.79 Å². The third kappa shape index (κ3) is 2.49. The topological polar surface area (TPSA) is 61.0 Å². The van der Waals surface area contributed by atoms with Crippen LogP contribution in [0.4, 0.5) is 4.79 Å². The molecule has 0 radical (unpaired) electrons. The summed E-state index contributed by atoms with van der Waals surface area (Å²) in [6.45, 7) is 0.129. The standard InChI is InChI=1S/C8H7N2O2/c9-10-8(11)12-6-7-4-2-1-3-5-7/h1-5H,6H2/q-1. The van der Waals surface area contributed by atoms with Gasteiger partial charge in [0.2, 0.25) is 0 Å². The molecule has 0 spiro atoms. The summed E-state index contributed by atoms with van der Waals surface area (Å²) >= 11 is 0. The van der Waals surface area contributed by atoms with Gasteiger partial charge in [-0.15, -0.1) is 0 Å². The molecule has 0 atom stereocenters. The Balaban J connectivity index is 2.43. The zero-order valence-corrected chi connectivity index (χ0v) is 6.30. The normalized spacial score (nSPS) is 9.00. The van der Waals surface area contributed by atoms with E-state index in [2.05, 4.69) is 9.85 Å². The van der Waals surface area contributed by atoms with E-state index in [1.54, 1.807) is 0 Å². The Morgan fingerprint density at radius 3 is 2.67 bits per heavy atom. The van der Waals surface area contributed by atoms with Gasteiger partial charge in [0.15, 0.2) is 0 Å². The summed E-state index contributed by atoms with van der Waals surface area (Å²) in [5, 5.41) is 2.34. The fourth-order valence-electron chi connectivity index (χ4n) is 0.748. The van der Waals surface area contributed by atoms with Crippen molar-refractivity contribution in [3.8, 4) is 0 Å². The number of hydrogen-bond donors (Lipinski definition) is 0. The lowest BCUT2D eigenvalue weighted by Crippen LogP contribution is -1.97. The van der Waals surface area contributed by atoms with Crippen LogP contribution in [0.1, 0.15) is 5.56 Å². The van der Waals surface area contributed by atoms with Gasteiger partial charge >= 0.3 is 6.09 Å². The number of nitrogens with zero attached hydrogens (tertiary/aromatic N) is 2. The number of benzene rings is 1. The molecule has 0 aliphatic carbocycles. The largest absolute Gasteiger partial charge is 0.701 e. The fraction of sp³-hybridized carbons (Fsp3) is 0.125. The molecule has 0 aromatic heterocycles. The van der Waals surface area contributed by atoms with Crippen LogP contribution in [0.3, 0.4) is 0 Å². The van der Waals surface area contributed by atoms with Crippen molar-refractivity contribution >= 4 is 6.09 Å². The van der Waals surface area contributed by atoms with Crippen LogP contribution in [0.25, 0.3) is 5.53 Å². The Labute approximate surface area is 69.7 Å². The van der Waals surface area contributed by atoms with Crippen molar-refractivity contribution in [1.29, 1.82) is 0 Å². The summed E-state index contributed by atoms with van der Waals surface area (Å²) in [5.74, 6) is 0. The molecule has 0 saturated heterocycles. The lowest BCUT2D eigenvalue weighted by molar-refractivity contribution is 0.150. The minimum atomic E-state index is -0.973. The Hall–Kier alpha value is -1.71. The maximum absolute atomic E-state index is 10.3. The summed E-state index contributed by atoms with van der Waals surface area (Å²) < 4.78 is 4.52. The number of rotatable bonds is 2. The molecule has 1 amide bonds. The number of ether oxygens (including phenoxy) is 1. The van der Waals surface area contributed by atoms with E-state index in [1.165, 1.54) is 0 Å². The average Bonchev–Trinajstić information content (AvgIpc) is 2.16. The van der Waals surface area contributed by atoms with E-state index >= 15 is 0 Å². The van der Waals surface area contributed by atoms with Crippen LogP contribution in [0.15, 0.2) is 35.4 Å². The molecule has 0 aliphatic heterocycles. The molecular weight excluding hydrogens is 156 g/mol. The number of carbonyl (C=O) groups is 1. The van der Waals surface area contributed by atoms with Crippen molar-refractivity contribution in [2.45, 2.75) is 6.61 Å². The van der Waals surface area contributed by atoms with Crippen molar-refractivity contribution < 1.29 is 9.53 Å². The van der Waals surface area contributed by atoms with E-state index in [0.717, 1.165) is 5.56 Å². The van der Waals surface area contributed by atoms with E-state index in [-0.39, 0.29) is 6.61 Å². The van der Waals surface area contributed by atoms with E-state index in [0.29, 0.717) is 0 Å². The van der Waals surface area contributed by atoms with Gasteiger partial charge in [-0.1, -0.05) is 30.3 Å². The first-order valence-corrected chi connectivity index (χ1v) is 3.38. The van der Waals surface area contributed by atoms with Crippen LogP contribution < -0.4 is 0 Å². The van der Waals surface area contributed by atoms with Crippen molar-refractivity contribution in [3.63, 3.8) is 0 Å². The van der Waals surface area contributed by atoms with Gasteiger partial charge in [0.25, 0.3) is 0 Å². The maximum atomic E-state index is 10.3. The number of carbonyl (C=O) groups excluding carboxylic acids is 1. The average molecular weight is 163 g/mol. The minimum Gasteiger partial charge on any atom is -0.701 e. The van der Waals surface area contributed by atoms with Crippen LogP contribution in [-0.2, 0) is 11.3 Å². The molecule has 0 aliphatic rings. The second-order valence-corrected chi connectivity index (χ2v) is 2.14. The molecule has 0 saturated carbocycles. The highest BCUT2D eigenvalue weighted by Crippen LogP contribution is 2.00. The molecule has 4 heteroatoms. The first-order valence-electron chi connectivity index (χ1n) is 3.38. The SMILES string of the molecule is [N-]=NC(=O)OCc1ccccc1. The molecule has 0 bridgehead atoms. The van der Waals surface area contributed by atoms with Gasteiger partial charge in [0, 0.05) is 0 Å². The second kappa shape index (κ2) is 4.23. The molecule has 1 aromatic carbocycles. The quantitative estimate of drug-likeness (QED) is 0.628. The highest BCUT2D eigenvalue weighted by molar-refractivity contribution is 5.67. The maximum Gasteiger partial charge on any atom is 0.413 e. The Bertz CT molecular complexity index is 272. The first kappa shape index (κ1) is 8.39. The van der Waals surface area contributed by atoms with Gasteiger partial charge in [0.05, 0.1) is 0 Å². The predicted octanol–water partition coefficient (Wildman–Crippen LogP) is 2.34. The van der Waals surface area contributed by atoms with E-state index in [9.17, 15) is 4.79 Å². The van der Waals surface area contributed by atoms with E-state index < -0.39 is 6.09 Å². The Morgan fingerprint density at radius 1 is 1.42 bits per heavy atom. The second-order valence-electron chi connectivity index (χ2n) is 2.14. The zero-order valence-electron chi connectivity index (χ0n) is 6.30. The summed E-state index contributed by atoms with van der Waals surface area (Å²) in [6.07, 6.45) is -0.973. The molecule has 0 fully saturated rings. The minimum absolute atomic E-state index is 0.129. The van der Waals surface area contributed by atoms with Gasteiger partial charge in [-0.3, -0.25) is 0 Å². The van der Waals surface area contributed by atoms with E-state index in [4.69, 9.17) is 5.53 Å². The number of hydrogen-bond acceptors (Lipinski definition) is 2. The third-order valence-electron chi connectivity index (χ3n) is 1.29. The van der Waals surface area contributed by atoms with Gasteiger partial charge in [-0.2, -0.15) is 0 Å². The molecular formula is C8H7N2O2-. The van der Waals surface area contributed by atoms with Gasteiger partial charge in [0.1, 0.15) is 6.61 Å². The lowest BCUT2D eigenvalue weighted by Gasteiger charge is -2.01. The van der Waals surface area contributed by atoms with Crippen molar-refractivity contribution in [1.82, 2.24) is 0 Å². The first-order chi connectivity index (χ1) is 5.83. The Morgan fingerprint density at radius 2 is 2.08 bits per heavy atom. The molecule has 0 heterocycles. The zero-order chi connectivity index (χ0) is 8.81. The van der Waals surface area contributed by atoms with Gasteiger partial charge in [-0.05, 0) is 5.56 Å². The summed E-state index contributed by atoms with van der Waals surface area (Å²) in [5.41, 5.74) is 8.82. The summed E-state index contributed by atoms with van der Waals surface area (Å²) in [6, 6.07) is 9.15. The Kier molecular flexibility index (Phi) is 2.95. The van der Waals surface area contributed by atoms with Crippen LogP contribution >= 0.6 is 0 Å². The molecule has 0 N–H and O–H groups in total. The number of amides is 1. The molecule has 1 rings (SSSR count). The molecule has 0 unspecified atom stereocenters. The monoisotopic (exact) mass is 163 g/mol. The van der Waals surface area contributed by atoms with E-state index in [1.807, 2.05) is 30.3 Å². The highest BCUT2D eigenvalue weighted by atomic mass is 16.5. The molecule has 4 nitrogen and oxygen atoms in total. The van der Waals surface area contributed by atoms with Crippen LogP contribution in [0.2, 0.25) is 0 Å².